The number of guanidine groups is 1. The third-order valence-electron chi connectivity index (χ3n) is 3.43. The zero-order chi connectivity index (χ0) is 16.5. The maximum Gasteiger partial charge on any atom is 0.191 e. The van der Waals surface area contributed by atoms with Gasteiger partial charge in [0.15, 0.2) is 5.96 Å². The molecule has 0 saturated heterocycles. The fourth-order valence-electron chi connectivity index (χ4n) is 2.16. The SMILES string of the molecule is CCNC(=NCc1cnn(-c2ccccc2)c1)NCCC(C)C. The number of hydrogen-bond donors (Lipinski definition) is 2. The molecule has 0 fully saturated rings. The highest BCUT2D eigenvalue weighted by Crippen LogP contribution is 2.08. The zero-order valence-corrected chi connectivity index (χ0v) is 14.3. The number of benzene rings is 1. The molecule has 5 nitrogen and oxygen atoms in total. The van der Waals surface area contributed by atoms with Crippen molar-refractivity contribution in [1.29, 1.82) is 0 Å². The summed E-state index contributed by atoms with van der Waals surface area (Å²) in [4.78, 5) is 4.63. The van der Waals surface area contributed by atoms with Crippen molar-refractivity contribution < 1.29 is 0 Å². The Kier molecular flexibility index (Phi) is 6.66. The van der Waals surface area contributed by atoms with Crippen molar-refractivity contribution in [2.75, 3.05) is 13.1 Å². The quantitative estimate of drug-likeness (QED) is 0.610. The molecule has 0 radical (unpaired) electrons. The van der Waals surface area contributed by atoms with Gasteiger partial charge in [0.2, 0.25) is 0 Å². The van der Waals surface area contributed by atoms with Crippen molar-refractivity contribution in [3.05, 3.63) is 48.3 Å². The van der Waals surface area contributed by atoms with Crippen molar-refractivity contribution in [3.63, 3.8) is 0 Å². The summed E-state index contributed by atoms with van der Waals surface area (Å²) in [6.07, 6.45) is 5.03. The van der Waals surface area contributed by atoms with E-state index >= 15 is 0 Å². The number of aliphatic imine (C=N–C) groups is 1. The van der Waals surface area contributed by atoms with Crippen molar-refractivity contribution in [1.82, 2.24) is 20.4 Å². The Hall–Kier alpha value is -2.30. The van der Waals surface area contributed by atoms with Crippen LogP contribution in [0, 0.1) is 5.92 Å². The van der Waals surface area contributed by atoms with Crippen LogP contribution in [-0.2, 0) is 6.54 Å². The number of rotatable bonds is 7. The van der Waals surface area contributed by atoms with Gasteiger partial charge in [0.1, 0.15) is 0 Å². The van der Waals surface area contributed by atoms with Crippen molar-refractivity contribution >= 4 is 5.96 Å². The minimum Gasteiger partial charge on any atom is -0.357 e. The van der Waals surface area contributed by atoms with E-state index in [0.717, 1.165) is 36.7 Å². The smallest absolute Gasteiger partial charge is 0.191 e. The number of para-hydroxylation sites is 1. The Morgan fingerprint density at radius 3 is 2.70 bits per heavy atom. The maximum atomic E-state index is 4.63. The minimum absolute atomic E-state index is 0.615. The molecule has 0 aliphatic carbocycles. The van der Waals surface area contributed by atoms with Gasteiger partial charge in [0.25, 0.3) is 0 Å². The van der Waals surface area contributed by atoms with Crippen LogP contribution in [0.25, 0.3) is 5.69 Å². The van der Waals surface area contributed by atoms with Crippen LogP contribution in [-0.4, -0.2) is 28.8 Å². The first-order valence-electron chi connectivity index (χ1n) is 8.30. The Labute approximate surface area is 138 Å². The summed E-state index contributed by atoms with van der Waals surface area (Å²) >= 11 is 0. The first-order chi connectivity index (χ1) is 11.2. The normalized spacial score (nSPS) is 11.7. The Bertz CT molecular complexity index is 601. The lowest BCUT2D eigenvalue weighted by Gasteiger charge is -2.12. The molecular weight excluding hydrogens is 286 g/mol. The highest BCUT2D eigenvalue weighted by Gasteiger charge is 2.02. The third-order valence-corrected chi connectivity index (χ3v) is 3.43. The summed E-state index contributed by atoms with van der Waals surface area (Å²) in [6, 6.07) is 10.1. The van der Waals surface area contributed by atoms with Crippen LogP contribution >= 0.6 is 0 Å². The van der Waals surface area contributed by atoms with E-state index in [4.69, 9.17) is 0 Å². The molecule has 1 heterocycles. The molecule has 0 aliphatic heterocycles. The van der Waals surface area contributed by atoms with Gasteiger partial charge in [-0.1, -0.05) is 32.0 Å². The van der Waals surface area contributed by atoms with Crippen LogP contribution in [0.1, 0.15) is 32.8 Å². The molecule has 1 aromatic carbocycles. The summed E-state index contributed by atoms with van der Waals surface area (Å²) in [5.74, 6) is 1.55. The lowest BCUT2D eigenvalue weighted by molar-refractivity contribution is 0.573. The average molecular weight is 313 g/mol. The highest BCUT2D eigenvalue weighted by molar-refractivity contribution is 5.79. The van der Waals surface area contributed by atoms with Crippen molar-refractivity contribution in [3.8, 4) is 5.69 Å². The van der Waals surface area contributed by atoms with Gasteiger partial charge in [0.05, 0.1) is 18.4 Å². The molecule has 0 atom stereocenters. The van der Waals surface area contributed by atoms with E-state index in [0.29, 0.717) is 12.5 Å². The van der Waals surface area contributed by atoms with Gasteiger partial charge in [-0.3, -0.25) is 0 Å². The largest absolute Gasteiger partial charge is 0.357 e. The van der Waals surface area contributed by atoms with Crippen LogP contribution in [0.15, 0.2) is 47.7 Å². The molecule has 2 N–H and O–H groups in total. The Balaban J connectivity index is 1.95. The van der Waals surface area contributed by atoms with Gasteiger partial charge in [-0.2, -0.15) is 5.10 Å². The predicted octanol–water partition coefficient (Wildman–Crippen LogP) is 2.97. The molecular formula is C18H27N5. The molecule has 2 aromatic rings. The molecule has 23 heavy (non-hydrogen) atoms. The lowest BCUT2D eigenvalue weighted by atomic mass is 10.1. The molecule has 0 aliphatic rings. The lowest BCUT2D eigenvalue weighted by Crippen LogP contribution is -2.38. The number of nitrogens with one attached hydrogen (secondary N) is 2. The van der Waals surface area contributed by atoms with Crippen LogP contribution in [0.2, 0.25) is 0 Å². The van der Waals surface area contributed by atoms with Gasteiger partial charge in [-0.15, -0.1) is 0 Å². The molecule has 2 rings (SSSR count). The van der Waals surface area contributed by atoms with Crippen LogP contribution < -0.4 is 10.6 Å². The monoisotopic (exact) mass is 313 g/mol. The summed E-state index contributed by atoms with van der Waals surface area (Å²) in [6.45, 7) is 8.94. The topological polar surface area (TPSA) is 54.2 Å². The average Bonchev–Trinajstić information content (AvgIpc) is 3.02. The molecule has 0 spiro atoms. The minimum atomic E-state index is 0.615. The Morgan fingerprint density at radius 2 is 2.00 bits per heavy atom. The summed E-state index contributed by atoms with van der Waals surface area (Å²) in [5.41, 5.74) is 2.15. The molecule has 5 heteroatoms. The van der Waals surface area contributed by atoms with Gasteiger partial charge >= 0.3 is 0 Å². The number of nitrogens with zero attached hydrogens (tertiary/aromatic N) is 3. The fourth-order valence-corrected chi connectivity index (χ4v) is 2.16. The summed E-state index contributed by atoms with van der Waals surface area (Å²) in [7, 11) is 0. The second kappa shape index (κ2) is 8.98. The van der Waals surface area contributed by atoms with E-state index in [-0.39, 0.29) is 0 Å². The number of hydrogen-bond acceptors (Lipinski definition) is 2. The summed E-state index contributed by atoms with van der Waals surface area (Å²) in [5, 5.41) is 11.1. The van der Waals surface area contributed by atoms with Gasteiger partial charge in [0, 0.05) is 24.8 Å². The molecule has 0 saturated carbocycles. The van der Waals surface area contributed by atoms with Gasteiger partial charge < -0.3 is 10.6 Å². The predicted molar refractivity (Wildman–Crippen MR) is 95.8 cm³/mol. The van der Waals surface area contributed by atoms with E-state index in [2.05, 4.69) is 41.5 Å². The number of aromatic nitrogens is 2. The summed E-state index contributed by atoms with van der Waals surface area (Å²) < 4.78 is 1.88. The van der Waals surface area contributed by atoms with Gasteiger partial charge in [-0.25, -0.2) is 9.67 Å². The van der Waals surface area contributed by atoms with Gasteiger partial charge in [-0.05, 0) is 31.4 Å². The second-order valence-electron chi connectivity index (χ2n) is 5.93. The second-order valence-corrected chi connectivity index (χ2v) is 5.93. The van der Waals surface area contributed by atoms with Crippen LogP contribution in [0.5, 0.6) is 0 Å². The van der Waals surface area contributed by atoms with Crippen LogP contribution in [0.3, 0.4) is 0 Å². The molecule has 124 valence electrons. The third kappa shape index (κ3) is 5.77. The van der Waals surface area contributed by atoms with Crippen LogP contribution in [0.4, 0.5) is 0 Å². The maximum absolute atomic E-state index is 4.63. The van der Waals surface area contributed by atoms with E-state index in [9.17, 15) is 0 Å². The van der Waals surface area contributed by atoms with E-state index in [1.807, 2.05) is 47.4 Å². The van der Waals surface area contributed by atoms with E-state index < -0.39 is 0 Å². The fraction of sp³-hybridized carbons (Fsp3) is 0.444. The van der Waals surface area contributed by atoms with Crippen molar-refractivity contribution in [2.24, 2.45) is 10.9 Å². The zero-order valence-electron chi connectivity index (χ0n) is 14.3. The first kappa shape index (κ1) is 17.1. The van der Waals surface area contributed by atoms with E-state index in [1.165, 1.54) is 0 Å². The highest BCUT2D eigenvalue weighted by atomic mass is 15.3. The first-order valence-corrected chi connectivity index (χ1v) is 8.30. The molecule has 1 aromatic heterocycles. The van der Waals surface area contributed by atoms with Crippen molar-refractivity contribution in [2.45, 2.75) is 33.7 Å². The Morgan fingerprint density at radius 1 is 1.22 bits per heavy atom. The molecule has 0 unspecified atom stereocenters. The standard InChI is InChI=1S/C18H27N5/c1-4-19-18(20-11-10-15(2)3)21-12-16-13-22-23(14-16)17-8-6-5-7-9-17/h5-9,13-15H,4,10-12H2,1-3H3,(H2,19,20,21). The molecule has 0 bridgehead atoms. The molecule has 0 amide bonds. The van der Waals surface area contributed by atoms with E-state index in [1.54, 1.807) is 0 Å².